The third-order valence-corrected chi connectivity index (χ3v) is 13.8. The number of nitrogens with one attached hydrogen (secondary N) is 10. The summed E-state index contributed by atoms with van der Waals surface area (Å²) in [4.78, 5) is 122. The Kier molecular flexibility index (Phi) is 27.3. The third-order valence-electron chi connectivity index (χ3n) is 13.8. The second-order valence-electron chi connectivity index (χ2n) is 21.0. The predicted molar refractivity (Wildman–Crippen MR) is 305 cm³/mol. The summed E-state index contributed by atoms with van der Waals surface area (Å²) in [5, 5.41) is 60.6. The average molecular weight is 1160 g/mol. The van der Waals surface area contributed by atoms with E-state index in [1.165, 1.54) is 0 Å². The van der Waals surface area contributed by atoms with Gasteiger partial charge >= 0.3 is 12.1 Å². The van der Waals surface area contributed by atoms with Crippen LogP contribution in [0.15, 0.2) is 78.9 Å². The first kappa shape index (κ1) is 67.3. The van der Waals surface area contributed by atoms with E-state index in [0.29, 0.717) is 12.0 Å². The molecule has 454 valence electrons. The zero-order valence-electron chi connectivity index (χ0n) is 47.7. The summed E-state index contributed by atoms with van der Waals surface area (Å²) in [7, 11) is 0. The van der Waals surface area contributed by atoms with E-state index in [2.05, 4.69) is 47.9 Å². The van der Waals surface area contributed by atoms with Crippen molar-refractivity contribution >= 4 is 59.4 Å². The first-order valence-electron chi connectivity index (χ1n) is 27.6. The van der Waals surface area contributed by atoms with Gasteiger partial charge in [0.05, 0.1) is 32.4 Å². The van der Waals surface area contributed by atoms with Gasteiger partial charge in [-0.25, -0.2) is 9.59 Å². The Labute approximate surface area is 482 Å². The molecule has 26 nitrogen and oxygen atoms in total. The lowest BCUT2D eigenvalue weighted by Gasteiger charge is -2.29. The zero-order valence-corrected chi connectivity index (χ0v) is 47.7. The van der Waals surface area contributed by atoms with Gasteiger partial charge < -0.3 is 84.1 Å². The van der Waals surface area contributed by atoms with Crippen molar-refractivity contribution in [3.8, 4) is 11.1 Å². The first-order chi connectivity index (χ1) is 39.5. The van der Waals surface area contributed by atoms with Crippen molar-refractivity contribution in [2.75, 3.05) is 39.5 Å². The highest BCUT2D eigenvalue weighted by atomic mass is 16.5. The van der Waals surface area contributed by atoms with E-state index in [1.807, 2.05) is 48.5 Å². The molecule has 0 heterocycles. The molecule has 9 atom stereocenters. The smallest absolute Gasteiger partial charge is 0.407 e. The number of amides is 8. The molecule has 0 fully saturated rings. The highest BCUT2D eigenvalue weighted by molar-refractivity contribution is 5.97. The number of aliphatic hydroxyl groups is 3. The highest BCUT2D eigenvalue weighted by Gasteiger charge is 2.36. The van der Waals surface area contributed by atoms with E-state index in [0.717, 1.165) is 22.3 Å². The number of aliphatic hydroxyl groups excluding tert-OH is 3. The molecular weight excluding hydrogens is 1080 g/mol. The van der Waals surface area contributed by atoms with E-state index >= 15 is 0 Å². The van der Waals surface area contributed by atoms with Crippen LogP contribution in [0.5, 0.6) is 0 Å². The molecule has 1 aliphatic carbocycles. The van der Waals surface area contributed by atoms with Crippen LogP contribution in [0.1, 0.15) is 89.8 Å². The molecule has 0 spiro atoms. The molecule has 26 heteroatoms. The molecular formula is C57H82N12O14. The summed E-state index contributed by atoms with van der Waals surface area (Å²) < 4.78 is 10.9. The monoisotopic (exact) mass is 1160 g/mol. The second-order valence-corrected chi connectivity index (χ2v) is 21.0. The number of hydrogen-bond acceptors (Lipinski definition) is 16. The van der Waals surface area contributed by atoms with Gasteiger partial charge in [-0.3, -0.25) is 39.0 Å². The van der Waals surface area contributed by atoms with Gasteiger partial charge in [-0.05, 0) is 64.8 Å². The molecule has 3 aromatic carbocycles. The Morgan fingerprint density at radius 3 is 1.76 bits per heavy atom. The number of carbonyl (C=O) groups is 9. The molecule has 4 rings (SSSR count). The minimum absolute atomic E-state index is 0.0539. The van der Waals surface area contributed by atoms with Crippen molar-refractivity contribution < 1.29 is 67.9 Å². The van der Waals surface area contributed by atoms with Gasteiger partial charge in [0.1, 0.15) is 49.5 Å². The largest absolute Gasteiger partial charge is 0.459 e. The zero-order chi connectivity index (χ0) is 61.3. The Morgan fingerprint density at radius 2 is 1.18 bits per heavy atom. The fourth-order valence-corrected chi connectivity index (χ4v) is 8.88. The number of hydrogen-bond donors (Lipinski definition) is 15. The second kappa shape index (κ2) is 33.7. The predicted octanol–water partition coefficient (Wildman–Crippen LogP) is -1.02. The summed E-state index contributed by atoms with van der Waals surface area (Å²) in [5.74, 6) is -9.30. The van der Waals surface area contributed by atoms with Crippen LogP contribution < -0.4 is 59.3 Å². The van der Waals surface area contributed by atoms with E-state index in [1.54, 1.807) is 71.9 Å². The Balaban J connectivity index is 1.45. The molecule has 3 aromatic rings. The third kappa shape index (κ3) is 20.9. The Bertz CT molecular complexity index is 2650. The van der Waals surface area contributed by atoms with Gasteiger partial charge in [0.2, 0.25) is 41.4 Å². The number of nitrogens with two attached hydrogens (primary N) is 2. The van der Waals surface area contributed by atoms with E-state index < -0.39 is 134 Å². The molecule has 0 radical (unpaired) electrons. The first-order valence-corrected chi connectivity index (χ1v) is 27.6. The van der Waals surface area contributed by atoms with Crippen molar-refractivity contribution in [2.45, 2.75) is 128 Å². The number of fused-ring (bicyclic) bond motifs is 3. The molecule has 0 saturated heterocycles. The van der Waals surface area contributed by atoms with Crippen molar-refractivity contribution in [3.63, 3.8) is 0 Å². The van der Waals surface area contributed by atoms with Crippen LogP contribution in [0.3, 0.4) is 0 Å². The topological polar surface area (TPSA) is 417 Å². The number of guanidine groups is 1. The molecule has 0 bridgehead atoms. The maximum atomic E-state index is 14.1. The minimum atomic E-state index is -1.71. The van der Waals surface area contributed by atoms with E-state index in [9.17, 15) is 58.5 Å². The number of carbonyl (C=O) groups excluding carboxylic acids is 9. The van der Waals surface area contributed by atoms with Crippen LogP contribution in [-0.4, -0.2) is 163 Å². The summed E-state index contributed by atoms with van der Waals surface area (Å²) in [6.07, 6.45) is -1.65. The lowest BCUT2D eigenvalue weighted by Crippen LogP contribution is -2.61. The molecule has 83 heavy (non-hydrogen) atoms. The number of esters is 1. The van der Waals surface area contributed by atoms with Crippen LogP contribution in [0, 0.1) is 23.2 Å². The fourth-order valence-electron chi connectivity index (χ4n) is 8.88. The van der Waals surface area contributed by atoms with Crippen molar-refractivity contribution in [3.05, 3.63) is 95.6 Å². The van der Waals surface area contributed by atoms with E-state index in [-0.39, 0.29) is 62.7 Å². The fraction of sp³-hybridized carbons (Fsp3) is 0.509. The van der Waals surface area contributed by atoms with Crippen molar-refractivity contribution in [1.82, 2.24) is 47.9 Å². The van der Waals surface area contributed by atoms with Crippen LogP contribution in [-0.2, 0) is 54.4 Å². The van der Waals surface area contributed by atoms with Gasteiger partial charge in [0.15, 0.2) is 12.0 Å². The lowest BCUT2D eigenvalue weighted by atomic mass is 9.96. The summed E-state index contributed by atoms with van der Waals surface area (Å²) in [6, 6.07) is 13.6. The SMILES string of the molecule is CC[C@H](C)[C@H](NC(=O)[C@@H](CCCNC(=N)N)NC(=O)[C@H](CC(C)C)NC(=O)[C@@H](N)[C@H](O)C(C)C)C(=O)N[C@@H](CO)C(=O)NCC(=O)N[C@@H](CNC(=O)OCC1c2ccccc2-c2ccccc21)C(=O)N[C@@H](CO)C(=O)OCc1ccccc1. The maximum Gasteiger partial charge on any atom is 0.407 e. The number of benzene rings is 3. The van der Waals surface area contributed by atoms with Crippen LogP contribution in [0.25, 0.3) is 11.1 Å². The maximum absolute atomic E-state index is 14.1. The van der Waals surface area contributed by atoms with Gasteiger partial charge in [0, 0.05) is 12.5 Å². The van der Waals surface area contributed by atoms with Crippen molar-refractivity contribution in [2.24, 2.45) is 29.2 Å². The summed E-state index contributed by atoms with van der Waals surface area (Å²) in [5.41, 5.74) is 15.9. The summed E-state index contributed by atoms with van der Waals surface area (Å²) >= 11 is 0. The van der Waals surface area contributed by atoms with Crippen molar-refractivity contribution in [1.29, 1.82) is 5.41 Å². The van der Waals surface area contributed by atoms with Crippen LogP contribution in [0.4, 0.5) is 4.79 Å². The van der Waals surface area contributed by atoms with E-state index in [4.69, 9.17) is 26.4 Å². The van der Waals surface area contributed by atoms with Crippen LogP contribution in [0.2, 0.25) is 0 Å². The van der Waals surface area contributed by atoms with Gasteiger partial charge in [-0.2, -0.15) is 0 Å². The lowest BCUT2D eigenvalue weighted by molar-refractivity contribution is -0.150. The quantitative estimate of drug-likeness (QED) is 0.0150. The highest BCUT2D eigenvalue weighted by Crippen LogP contribution is 2.44. The van der Waals surface area contributed by atoms with Crippen LogP contribution >= 0.6 is 0 Å². The number of ether oxygens (including phenoxy) is 2. The average Bonchev–Trinajstić information content (AvgIpc) is 3.92. The Morgan fingerprint density at radius 1 is 0.627 bits per heavy atom. The molecule has 0 aliphatic heterocycles. The minimum Gasteiger partial charge on any atom is -0.459 e. The molecule has 17 N–H and O–H groups in total. The number of alkyl carbamates (subject to hydrolysis) is 1. The molecule has 0 unspecified atom stereocenters. The number of rotatable bonds is 33. The van der Waals surface area contributed by atoms with Gasteiger partial charge in [-0.15, -0.1) is 0 Å². The molecule has 8 amide bonds. The van der Waals surface area contributed by atoms with Gasteiger partial charge in [-0.1, -0.05) is 127 Å². The molecule has 0 aromatic heterocycles. The molecule has 0 saturated carbocycles. The molecule has 1 aliphatic rings. The normalized spacial score (nSPS) is 14.9. The Hall–Kier alpha value is -8.20. The van der Waals surface area contributed by atoms with Gasteiger partial charge in [0.25, 0.3) is 0 Å². The standard InChI is InChI=1S/C57H82N12O14/c1-7-33(6)47(69-50(75)40(22-15-23-61-56(59)60)65-51(76)41(24-31(2)3)66-53(78)46(58)48(73)32(4)5)54(79)67-43(27-70)49(74)62-26-45(72)64-42(52(77)68-44(28-71)55(80)82-29-34-16-9-8-10-17-34)25-63-57(81)83-30-39-37-20-13-11-18-35(37)36-19-12-14-21-38(36)39/h8-14,16-21,31-33,39-44,46-48,70-71,73H,7,15,22-30,58H2,1-6H3,(H,62,74)(H,63,81)(H,64,72)(H,65,76)(H,66,78)(H,67,79)(H,68,77)(H,69,75)(H4,59,60,61)/t33-,40+,41-,42-,43-,44-,46-,47-,48+/m0/s1. The summed E-state index contributed by atoms with van der Waals surface area (Å²) in [6.45, 7) is 6.73.